The molecule has 2 N–H and O–H groups in total. The number of rotatable bonds is 8. The lowest BCUT2D eigenvalue weighted by molar-refractivity contribution is 0.0950. The molecule has 0 spiro atoms. The molecule has 0 radical (unpaired) electrons. The molecule has 2 aromatic carbocycles. The molecular formula is C21H21ClN4O2. The number of amides is 1. The lowest BCUT2D eigenvalue weighted by Gasteiger charge is -2.09. The Hall–Kier alpha value is -3.12. The highest BCUT2D eigenvalue weighted by Gasteiger charge is 2.08. The van der Waals surface area contributed by atoms with Crippen molar-refractivity contribution >= 4 is 23.5 Å². The number of hydrogen-bond acceptors (Lipinski definition) is 5. The minimum absolute atomic E-state index is 0.250. The van der Waals surface area contributed by atoms with E-state index in [-0.39, 0.29) is 5.91 Å². The maximum absolute atomic E-state index is 12.2. The molecule has 0 fully saturated rings. The Morgan fingerprint density at radius 3 is 2.43 bits per heavy atom. The molecule has 0 aliphatic carbocycles. The summed E-state index contributed by atoms with van der Waals surface area (Å²) >= 11 is 6.09. The van der Waals surface area contributed by atoms with Crippen LogP contribution in [-0.2, 0) is 13.0 Å². The van der Waals surface area contributed by atoms with Gasteiger partial charge < -0.3 is 15.4 Å². The van der Waals surface area contributed by atoms with Crippen molar-refractivity contribution in [2.75, 3.05) is 19.0 Å². The molecule has 0 saturated heterocycles. The molecule has 0 bridgehead atoms. The van der Waals surface area contributed by atoms with Crippen LogP contribution in [0.2, 0.25) is 5.02 Å². The summed E-state index contributed by atoms with van der Waals surface area (Å²) in [6, 6.07) is 15.3. The second kappa shape index (κ2) is 9.71. The fraction of sp³-hybridized carbons (Fsp3) is 0.190. The van der Waals surface area contributed by atoms with Crippen molar-refractivity contribution in [2.45, 2.75) is 13.0 Å². The first-order valence-corrected chi connectivity index (χ1v) is 9.24. The van der Waals surface area contributed by atoms with E-state index >= 15 is 0 Å². The maximum atomic E-state index is 12.2. The van der Waals surface area contributed by atoms with Crippen LogP contribution in [0.1, 0.15) is 21.5 Å². The van der Waals surface area contributed by atoms with Crippen LogP contribution in [0.4, 0.5) is 5.95 Å². The van der Waals surface area contributed by atoms with Gasteiger partial charge in [0.1, 0.15) is 5.75 Å². The standard InChI is InChI=1S/C21H21ClN4O2/c1-28-19-9-5-3-6-15(19)10-11-23-21-25-13-17(14-26-21)20(27)24-12-16-7-2-4-8-18(16)22/h2-9,13-14H,10-12H2,1H3,(H,24,27)(H,23,25,26). The number of carbonyl (C=O) groups is 1. The first kappa shape index (κ1) is 19.6. The van der Waals surface area contributed by atoms with Gasteiger partial charge in [-0.2, -0.15) is 0 Å². The summed E-state index contributed by atoms with van der Waals surface area (Å²) in [5, 5.41) is 6.58. The molecule has 1 heterocycles. The SMILES string of the molecule is COc1ccccc1CCNc1ncc(C(=O)NCc2ccccc2Cl)cn1. The lowest BCUT2D eigenvalue weighted by atomic mass is 10.1. The molecule has 0 aliphatic rings. The molecule has 0 saturated carbocycles. The smallest absolute Gasteiger partial charge is 0.254 e. The van der Waals surface area contributed by atoms with Crippen molar-refractivity contribution in [3.63, 3.8) is 0 Å². The Morgan fingerprint density at radius 2 is 1.71 bits per heavy atom. The van der Waals surface area contributed by atoms with Gasteiger partial charge >= 0.3 is 0 Å². The minimum Gasteiger partial charge on any atom is -0.496 e. The van der Waals surface area contributed by atoms with Gasteiger partial charge in [-0.05, 0) is 29.7 Å². The van der Waals surface area contributed by atoms with Crippen LogP contribution >= 0.6 is 11.6 Å². The van der Waals surface area contributed by atoms with E-state index in [1.807, 2.05) is 42.5 Å². The normalized spacial score (nSPS) is 10.4. The summed E-state index contributed by atoms with van der Waals surface area (Å²) in [6.45, 7) is 0.996. The quantitative estimate of drug-likeness (QED) is 0.606. The average molecular weight is 397 g/mol. The number of halogens is 1. The van der Waals surface area contributed by atoms with Crippen LogP contribution in [0, 0.1) is 0 Å². The highest BCUT2D eigenvalue weighted by Crippen LogP contribution is 2.17. The molecule has 144 valence electrons. The summed E-state index contributed by atoms with van der Waals surface area (Å²) in [4.78, 5) is 20.7. The number of carbonyl (C=O) groups excluding carboxylic acids is 1. The number of benzene rings is 2. The zero-order valence-corrected chi connectivity index (χ0v) is 16.2. The van der Waals surface area contributed by atoms with E-state index in [1.54, 1.807) is 13.2 Å². The number of hydrogen-bond donors (Lipinski definition) is 2. The predicted molar refractivity (Wildman–Crippen MR) is 110 cm³/mol. The van der Waals surface area contributed by atoms with Gasteiger partial charge in [0.15, 0.2) is 0 Å². The van der Waals surface area contributed by atoms with Crippen molar-refractivity contribution in [1.82, 2.24) is 15.3 Å². The molecule has 1 aromatic heterocycles. The van der Waals surface area contributed by atoms with Gasteiger partial charge in [-0.3, -0.25) is 4.79 Å². The summed E-state index contributed by atoms with van der Waals surface area (Å²) in [5.74, 6) is 1.08. The van der Waals surface area contributed by atoms with Gasteiger partial charge in [-0.25, -0.2) is 9.97 Å². The Kier molecular flexibility index (Phi) is 6.81. The summed E-state index contributed by atoms with van der Waals surface area (Å²) in [7, 11) is 1.66. The van der Waals surface area contributed by atoms with Crippen LogP contribution in [0.25, 0.3) is 0 Å². The van der Waals surface area contributed by atoms with Crippen LogP contribution in [-0.4, -0.2) is 29.5 Å². The summed E-state index contributed by atoms with van der Waals surface area (Å²) < 4.78 is 5.34. The Morgan fingerprint density at radius 1 is 1.04 bits per heavy atom. The van der Waals surface area contributed by atoms with Crippen molar-refractivity contribution < 1.29 is 9.53 Å². The lowest BCUT2D eigenvalue weighted by Crippen LogP contribution is -2.23. The molecule has 6 nitrogen and oxygen atoms in total. The zero-order chi connectivity index (χ0) is 19.8. The van der Waals surface area contributed by atoms with Gasteiger partial charge in [-0.1, -0.05) is 48.0 Å². The van der Waals surface area contributed by atoms with Crippen molar-refractivity contribution in [3.8, 4) is 5.75 Å². The average Bonchev–Trinajstić information content (AvgIpc) is 2.74. The summed E-state index contributed by atoms with van der Waals surface area (Å²) in [6.07, 6.45) is 3.77. The van der Waals surface area contributed by atoms with Crippen molar-refractivity contribution in [2.24, 2.45) is 0 Å². The van der Waals surface area contributed by atoms with Gasteiger partial charge in [-0.15, -0.1) is 0 Å². The van der Waals surface area contributed by atoms with Crippen LogP contribution in [0.15, 0.2) is 60.9 Å². The third kappa shape index (κ3) is 5.20. The second-order valence-corrected chi connectivity index (χ2v) is 6.47. The second-order valence-electron chi connectivity index (χ2n) is 6.06. The number of methoxy groups -OCH3 is 1. The highest BCUT2D eigenvalue weighted by molar-refractivity contribution is 6.31. The van der Waals surface area contributed by atoms with E-state index in [9.17, 15) is 4.79 Å². The monoisotopic (exact) mass is 396 g/mol. The van der Waals surface area contributed by atoms with Crippen LogP contribution in [0.5, 0.6) is 5.75 Å². The van der Waals surface area contributed by atoms with Crippen molar-refractivity contribution in [1.29, 1.82) is 0 Å². The number of anilines is 1. The zero-order valence-electron chi connectivity index (χ0n) is 15.5. The molecule has 3 aromatic rings. The molecule has 0 aliphatic heterocycles. The highest BCUT2D eigenvalue weighted by atomic mass is 35.5. The molecule has 3 rings (SSSR count). The van der Waals surface area contributed by atoms with Gasteiger partial charge in [0.05, 0.1) is 12.7 Å². The molecule has 1 amide bonds. The number of para-hydroxylation sites is 1. The van der Waals surface area contributed by atoms with Crippen molar-refractivity contribution in [3.05, 3.63) is 82.6 Å². The minimum atomic E-state index is -0.250. The molecule has 28 heavy (non-hydrogen) atoms. The van der Waals surface area contributed by atoms with E-state index in [2.05, 4.69) is 20.6 Å². The maximum Gasteiger partial charge on any atom is 0.254 e. The van der Waals surface area contributed by atoms with E-state index in [0.717, 1.165) is 23.3 Å². The van der Waals surface area contributed by atoms with E-state index in [0.29, 0.717) is 29.6 Å². The first-order chi connectivity index (χ1) is 13.7. The van der Waals surface area contributed by atoms with Gasteiger partial charge in [0.2, 0.25) is 5.95 Å². The Bertz CT molecular complexity index is 932. The third-order valence-corrected chi connectivity index (χ3v) is 4.55. The van der Waals surface area contributed by atoms with E-state index in [1.165, 1.54) is 12.4 Å². The number of aromatic nitrogens is 2. The first-order valence-electron chi connectivity index (χ1n) is 8.87. The Labute approximate surface area is 168 Å². The van der Waals surface area contributed by atoms with Gasteiger partial charge in [0.25, 0.3) is 5.91 Å². The van der Waals surface area contributed by atoms with E-state index < -0.39 is 0 Å². The predicted octanol–water partition coefficient (Wildman–Crippen LogP) is 3.72. The third-order valence-electron chi connectivity index (χ3n) is 4.18. The van der Waals surface area contributed by atoms with Crippen LogP contribution in [0.3, 0.4) is 0 Å². The number of nitrogens with zero attached hydrogens (tertiary/aromatic N) is 2. The largest absolute Gasteiger partial charge is 0.496 e. The molecule has 0 atom stereocenters. The van der Waals surface area contributed by atoms with E-state index in [4.69, 9.17) is 16.3 Å². The topological polar surface area (TPSA) is 76.1 Å². The number of nitrogens with one attached hydrogen (secondary N) is 2. The fourth-order valence-electron chi connectivity index (χ4n) is 2.67. The molecule has 0 unspecified atom stereocenters. The molecule has 7 heteroatoms. The van der Waals surface area contributed by atoms with Crippen LogP contribution < -0.4 is 15.4 Å². The molecular weight excluding hydrogens is 376 g/mol. The summed E-state index contributed by atoms with van der Waals surface area (Å²) in [5.41, 5.74) is 2.35. The Balaban J connectivity index is 1.50. The number of ether oxygens (including phenoxy) is 1. The van der Waals surface area contributed by atoms with Gasteiger partial charge in [0, 0.05) is 30.5 Å². The fourth-order valence-corrected chi connectivity index (χ4v) is 2.88.